The van der Waals surface area contributed by atoms with Gasteiger partial charge >= 0.3 is 0 Å². The van der Waals surface area contributed by atoms with Crippen molar-refractivity contribution in [3.8, 4) is 17.2 Å². The summed E-state index contributed by atoms with van der Waals surface area (Å²) in [5.41, 5.74) is 0.113. The Balaban J connectivity index is 1.68. The van der Waals surface area contributed by atoms with Crippen LogP contribution >= 0.6 is 0 Å². The third-order valence-corrected chi connectivity index (χ3v) is 5.93. The average Bonchev–Trinajstić information content (AvgIpc) is 3.09. The van der Waals surface area contributed by atoms with Crippen molar-refractivity contribution in [2.45, 2.75) is 17.7 Å². The summed E-state index contributed by atoms with van der Waals surface area (Å²) in [5.74, 6) is 0.712. The summed E-state index contributed by atoms with van der Waals surface area (Å²) in [6, 6.07) is 10.9. The Bertz CT molecular complexity index is 1020. The normalized spacial score (nSPS) is 14.1. The standard InChI is InChI=1S/C20H22N2O7S/c1-27-14-3-5-15(6-4-14)29-12-11-21-30(25,26)16-7-8-18(28-2)17(13-16)22-19(23)9-10-20(22)24/h3-8,13,21H,9-12H2,1-2H3. The van der Waals surface area contributed by atoms with Crippen molar-refractivity contribution in [1.82, 2.24) is 4.72 Å². The molecule has 1 fully saturated rings. The molecule has 1 N–H and O–H groups in total. The van der Waals surface area contributed by atoms with Gasteiger partial charge in [-0.15, -0.1) is 0 Å². The highest BCUT2D eigenvalue weighted by molar-refractivity contribution is 7.89. The molecule has 1 aliphatic heterocycles. The highest BCUT2D eigenvalue weighted by Gasteiger charge is 2.33. The Labute approximate surface area is 174 Å². The Morgan fingerprint density at radius 3 is 2.17 bits per heavy atom. The van der Waals surface area contributed by atoms with Crippen molar-refractivity contribution in [2.75, 3.05) is 32.3 Å². The van der Waals surface area contributed by atoms with E-state index in [1.807, 2.05) is 0 Å². The molecule has 30 heavy (non-hydrogen) atoms. The molecule has 1 aliphatic rings. The van der Waals surface area contributed by atoms with Crippen LogP contribution in [0.1, 0.15) is 12.8 Å². The Hall–Kier alpha value is -3.11. The zero-order valence-electron chi connectivity index (χ0n) is 16.6. The average molecular weight is 434 g/mol. The zero-order valence-corrected chi connectivity index (χ0v) is 17.4. The van der Waals surface area contributed by atoms with Gasteiger partial charge in [0.25, 0.3) is 0 Å². The van der Waals surface area contributed by atoms with Crippen LogP contribution in [-0.2, 0) is 19.6 Å². The van der Waals surface area contributed by atoms with Gasteiger partial charge in [0.1, 0.15) is 23.9 Å². The van der Waals surface area contributed by atoms with Crippen molar-refractivity contribution in [3.05, 3.63) is 42.5 Å². The molecule has 10 heteroatoms. The lowest BCUT2D eigenvalue weighted by molar-refractivity contribution is -0.121. The first kappa shape index (κ1) is 21.6. The van der Waals surface area contributed by atoms with E-state index in [2.05, 4.69) is 4.72 Å². The summed E-state index contributed by atoms with van der Waals surface area (Å²) in [6.45, 7) is 0.134. The molecule has 0 saturated carbocycles. The van der Waals surface area contributed by atoms with E-state index in [0.717, 1.165) is 4.90 Å². The van der Waals surface area contributed by atoms with Gasteiger partial charge in [-0.25, -0.2) is 18.0 Å². The first-order chi connectivity index (χ1) is 14.4. The van der Waals surface area contributed by atoms with E-state index in [1.165, 1.54) is 25.3 Å². The molecule has 2 amide bonds. The van der Waals surface area contributed by atoms with Gasteiger partial charge < -0.3 is 14.2 Å². The molecule has 160 valence electrons. The van der Waals surface area contributed by atoms with Gasteiger partial charge in [0.2, 0.25) is 21.8 Å². The molecule has 2 aromatic rings. The molecular weight excluding hydrogens is 412 g/mol. The molecule has 2 aromatic carbocycles. The Morgan fingerprint density at radius 1 is 0.933 bits per heavy atom. The van der Waals surface area contributed by atoms with Gasteiger partial charge in [0, 0.05) is 19.4 Å². The summed E-state index contributed by atoms with van der Waals surface area (Å²) >= 11 is 0. The van der Waals surface area contributed by atoms with Crippen LogP contribution in [0.2, 0.25) is 0 Å². The van der Waals surface area contributed by atoms with Crippen LogP contribution < -0.4 is 23.8 Å². The van der Waals surface area contributed by atoms with E-state index in [9.17, 15) is 18.0 Å². The molecule has 0 aliphatic carbocycles. The molecule has 0 spiro atoms. The molecule has 9 nitrogen and oxygen atoms in total. The second-order valence-corrected chi connectivity index (χ2v) is 8.15. The van der Waals surface area contributed by atoms with Crippen LogP contribution in [-0.4, -0.2) is 47.6 Å². The number of rotatable bonds is 9. The summed E-state index contributed by atoms with van der Waals surface area (Å²) in [5, 5.41) is 0. The maximum atomic E-state index is 12.6. The van der Waals surface area contributed by atoms with Gasteiger partial charge in [-0.05, 0) is 42.5 Å². The maximum Gasteiger partial charge on any atom is 0.240 e. The third-order valence-electron chi connectivity index (χ3n) is 4.48. The Morgan fingerprint density at radius 2 is 1.57 bits per heavy atom. The van der Waals surface area contributed by atoms with E-state index in [4.69, 9.17) is 14.2 Å². The van der Waals surface area contributed by atoms with Crippen molar-refractivity contribution >= 4 is 27.5 Å². The first-order valence-electron chi connectivity index (χ1n) is 9.16. The lowest BCUT2D eigenvalue weighted by Crippen LogP contribution is -2.30. The van der Waals surface area contributed by atoms with E-state index < -0.39 is 21.8 Å². The number of hydrogen-bond donors (Lipinski definition) is 1. The number of nitrogens with zero attached hydrogens (tertiary/aromatic N) is 1. The second kappa shape index (κ2) is 9.14. The number of sulfonamides is 1. The molecule has 0 aromatic heterocycles. The lowest BCUT2D eigenvalue weighted by atomic mass is 10.2. The summed E-state index contributed by atoms with van der Waals surface area (Å²) < 4.78 is 43.5. The minimum absolute atomic E-state index is 0.0251. The summed E-state index contributed by atoms with van der Waals surface area (Å²) in [4.78, 5) is 25.0. The van der Waals surface area contributed by atoms with Gasteiger partial charge in [-0.3, -0.25) is 9.59 Å². The fraction of sp³-hybridized carbons (Fsp3) is 0.300. The van der Waals surface area contributed by atoms with E-state index in [1.54, 1.807) is 31.4 Å². The number of hydrogen-bond acceptors (Lipinski definition) is 7. The molecule has 0 bridgehead atoms. The van der Waals surface area contributed by atoms with Crippen molar-refractivity contribution in [1.29, 1.82) is 0 Å². The maximum absolute atomic E-state index is 12.6. The third kappa shape index (κ3) is 4.71. The van der Waals surface area contributed by atoms with Crippen LogP contribution in [0, 0.1) is 0 Å². The number of methoxy groups -OCH3 is 2. The van der Waals surface area contributed by atoms with Gasteiger partial charge in [0.15, 0.2) is 0 Å². The quantitative estimate of drug-likeness (QED) is 0.472. The molecule has 1 heterocycles. The van der Waals surface area contributed by atoms with Crippen molar-refractivity contribution < 1.29 is 32.2 Å². The molecule has 3 rings (SSSR count). The largest absolute Gasteiger partial charge is 0.497 e. The number of nitrogens with one attached hydrogen (secondary N) is 1. The topological polar surface area (TPSA) is 111 Å². The predicted octanol–water partition coefficient (Wildman–Crippen LogP) is 1.71. The number of carbonyl (C=O) groups excluding carboxylic acids is 2. The fourth-order valence-corrected chi connectivity index (χ4v) is 3.99. The van der Waals surface area contributed by atoms with Gasteiger partial charge in [-0.1, -0.05) is 0 Å². The fourth-order valence-electron chi connectivity index (χ4n) is 2.96. The van der Waals surface area contributed by atoms with Crippen LogP contribution in [0.5, 0.6) is 17.2 Å². The van der Waals surface area contributed by atoms with Crippen LogP contribution in [0.3, 0.4) is 0 Å². The SMILES string of the molecule is COc1ccc(OCCNS(=O)(=O)c2ccc(OC)c(N3C(=O)CCC3=O)c2)cc1. The summed E-state index contributed by atoms with van der Waals surface area (Å²) in [7, 11) is -0.950. The van der Waals surface area contributed by atoms with Gasteiger partial charge in [-0.2, -0.15) is 0 Å². The number of carbonyl (C=O) groups is 2. The first-order valence-corrected chi connectivity index (χ1v) is 10.6. The number of benzene rings is 2. The van der Waals surface area contributed by atoms with Crippen molar-refractivity contribution in [3.63, 3.8) is 0 Å². The smallest absolute Gasteiger partial charge is 0.240 e. The minimum atomic E-state index is -3.89. The highest BCUT2D eigenvalue weighted by atomic mass is 32.2. The molecule has 0 radical (unpaired) electrons. The Kier molecular flexibility index (Phi) is 6.58. The molecular formula is C20H22N2O7S. The number of amides is 2. The highest BCUT2D eigenvalue weighted by Crippen LogP contribution is 2.34. The van der Waals surface area contributed by atoms with Crippen LogP contribution in [0.4, 0.5) is 5.69 Å². The second-order valence-electron chi connectivity index (χ2n) is 6.38. The zero-order chi connectivity index (χ0) is 21.7. The monoisotopic (exact) mass is 434 g/mol. The minimum Gasteiger partial charge on any atom is -0.497 e. The van der Waals surface area contributed by atoms with E-state index in [0.29, 0.717) is 11.5 Å². The van der Waals surface area contributed by atoms with Crippen LogP contribution in [0.25, 0.3) is 0 Å². The van der Waals surface area contributed by atoms with Gasteiger partial charge in [0.05, 0.1) is 24.8 Å². The number of imide groups is 1. The van der Waals surface area contributed by atoms with E-state index >= 15 is 0 Å². The molecule has 0 unspecified atom stereocenters. The predicted molar refractivity (Wildman–Crippen MR) is 108 cm³/mol. The molecule has 1 saturated heterocycles. The van der Waals surface area contributed by atoms with E-state index in [-0.39, 0.29) is 42.3 Å². The van der Waals surface area contributed by atoms with Crippen molar-refractivity contribution in [2.24, 2.45) is 0 Å². The van der Waals surface area contributed by atoms with Crippen LogP contribution in [0.15, 0.2) is 47.4 Å². The summed E-state index contributed by atoms with van der Waals surface area (Å²) in [6.07, 6.45) is 0.166. The number of anilines is 1. The lowest BCUT2D eigenvalue weighted by Gasteiger charge is -2.18. The number of ether oxygens (including phenoxy) is 3. The molecule has 0 atom stereocenters.